The number of hydrogen-bond acceptors (Lipinski definition) is 4. The average molecular weight is 312 g/mol. The first-order valence-electron chi connectivity index (χ1n) is 8.20. The Balaban J connectivity index is 1.70. The zero-order valence-corrected chi connectivity index (χ0v) is 13.7. The van der Waals surface area contributed by atoms with Gasteiger partial charge in [-0.3, -0.25) is 0 Å². The molecule has 2 aromatic rings. The molecule has 2 heterocycles. The highest BCUT2D eigenvalue weighted by molar-refractivity contribution is 5.42. The van der Waals surface area contributed by atoms with Gasteiger partial charge in [-0.1, -0.05) is 36.4 Å². The predicted molar refractivity (Wildman–Crippen MR) is 91.7 cm³/mol. The predicted octanol–water partition coefficient (Wildman–Crippen LogP) is 2.65. The number of hydrogen-bond donors (Lipinski definition) is 1. The quantitative estimate of drug-likeness (QED) is 0.922. The summed E-state index contributed by atoms with van der Waals surface area (Å²) in [5.41, 5.74) is 2.29. The largest absolute Gasteiger partial charge is 0.388 e. The van der Waals surface area contributed by atoms with Crippen molar-refractivity contribution in [3.8, 4) is 0 Å². The molecule has 1 aliphatic heterocycles. The molecule has 4 nitrogen and oxygen atoms in total. The van der Waals surface area contributed by atoms with Crippen LogP contribution in [0.15, 0.2) is 48.5 Å². The number of pyridine rings is 1. The van der Waals surface area contributed by atoms with E-state index in [1.54, 1.807) is 0 Å². The van der Waals surface area contributed by atoms with Crippen molar-refractivity contribution < 1.29 is 9.84 Å². The van der Waals surface area contributed by atoms with Crippen LogP contribution < -0.4 is 4.90 Å². The van der Waals surface area contributed by atoms with Crippen LogP contribution in [-0.4, -0.2) is 41.5 Å². The van der Waals surface area contributed by atoms with Gasteiger partial charge in [0.05, 0.1) is 12.2 Å². The van der Waals surface area contributed by atoms with Crippen molar-refractivity contribution in [2.24, 2.45) is 0 Å². The summed E-state index contributed by atoms with van der Waals surface area (Å²) >= 11 is 0. The minimum atomic E-state index is -0.461. The summed E-state index contributed by atoms with van der Waals surface area (Å²) in [6.45, 7) is 5.24. The molecule has 122 valence electrons. The smallest absolute Gasteiger partial charge is 0.128 e. The number of nitrogens with zero attached hydrogens (tertiary/aromatic N) is 2. The lowest BCUT2D eigenvalue weighted by Gasteiger charge is -2.19. The molecule has 0 spiro atoms. The molecule has 23 heavy (non-hydrogen) atoms. The maximum atomic E-state index is 10.2. The van der Waals surface area contributed by atoms with Gasteiger partial charge in [-0.25, -0.2) is 4.98 Å². The molecule has 1 fully saturated rings. The molecule has 3 rings (SSSR count). The van der Waals surface area contributed by atoms with Gasteiger partial charge in [-0.05, 0) is 31.5 Å². The van der Waals surface area contributed by atoms with Gasteiger partial charge >= 0.3 is 0 Å². The third-order valence-electron chi connectivity index (χ3n) is 4.03. The lowest BCUT2D eigenvalue weighted by atomic mass is 10.1. The molecular formula is C19H24N2O2. The summed E-state index contributed by atoms with van der Waals surface area (Å²) in [5.74, 6) is 0.910. The van der Waals surface area contributed by atoms with E-state index in [9.17, 15) is 5.11 Å². The molecule has 2 unspecified atom stereocenters. The van der Waals surface area contributed by atoms with E-state index in [0.29, 0.717) is 13.1 Å². The molecule has 1 aromatic carbocycles. The summed E-state index contributed by atoms with van der Waals surface area (Å²) in [4.78, 5) is 6.86. The van der Waals surface area contributed by atoms with Crippen LogP contribution in [0.4, 0.5) is 5.82 Å². The fourth-order valence-corrected chi connectivity index (χ4v) is 2.97. The van der Waals surface area contributed by atoms with Crippen LogP contribution in [0.5, 0.6) is 0 Å². The van der Waals surface area contributed by atoms with Crippen molar-refractivity contribution in [2.45, 2.75) is 38.6 Å². The Hall–Kier alpha value is -1.91. The second kappa shape index (κ2) is 7.11. The van der Waals surface area contributed by atoms with E-state index in [1.165, 1.54) is 5.56 Å². The topological polar surface area (TPSA) is 45.6 Å². The van der Waals surface area contributed by atoms with E-state index in [0.717, 1.165) is 17.9 Å². The van der Waals surface area contributed by atoms with Crippen molar-refractivity contribution in [1.82, 2.24) is 4.98 Å². The van der Waals surface area contributed by atoms with Gasteiger partial charge in [0.2, 0.25) is 0 Å². The van der Waals surface area contributed by atoms with E-state index >= 15 is 0 Å². The minimum absolute atomic E-state index is 0.118. The van der Waals surface area contributed by atoms with Crippen molar-refractivity contribution in [3.05, 3.63) is 59.8 Å². The molecular weight excluding hydrogens is 288 g/mol. The first-order valence-corrected chi connectivity index (χ1v) is 8.20. The van der Waals surface area contributed by atoms with Crippen LogP contribution in [0.2, 0.25) is 0 Å². The summed E-state index contributed by atoms with van der Waals surface area (Å²) < 4.78 is 5.78. The molecule has 2 atom stereocenters. The van der Waals surface area contributed by atoms with E-state index in [1.807, 2.05) is 50.2 Å². The van der Waals surface area contributed by atoms with Crippen molar-refractivity contribution >= 4 is 5.82 Å². The standard InChI is InChI=1S/C19H24N2O2/c1-14(2)23-18-13-21(12-17(18)22)19-10-6-9-16(20-19)11-15-7-4-3-5-8-15/h3-10,14,17-18,22H,11-13H2,1-2H3. The molecule has 4 heteroatoms. The van der Waals surface area contributed by atoms with E-state index in [2.05, 4.69) is 17.0 Å². The number of rotatable bonds is 5. The van der Waals surface area contributed by atoms with E-state index < -0.39 is 6.10 Å². The van der Waals surface area contributed by atoms with Gasteiger partial charge in [0.25, 0.3) is 0 Å². The van der Waals surface area contributed by atoms with Gasteiger partial charge in [-0.15, -0.1) is 0 Å². The Morgan fingerprint density at radius 3 is 2.65 bits per heavy atom. The Morgan fingerprint density at radius 1 is 1.13 bits per heavy atom. The molecule has 1 aliphatic rings. The van der Waals surface area contributed by atoms with Gasteiger partial charge in [0.15, 0.2) is 0 Å². The summed E-state index contributed by atoms with van der Waals surface area (Å²) in [7, 11) is 0. The lowest BCUT2D eigenvalue weighted by molar-refractivity contribution is -0.0386. The van der Waals surface area contributed by atoms with E-state index in [-0.39, 0.29) is 12.2 Å². The normalized spacial score (nSPS) is 21.1. The molecule has 0 radical (unpaired) electrons. The molecule has 1 aromatic heterocycles. The van der Waals surface area contributed by atoms with Gasteiger partial charge < -0.3 is 14.7 Å². The van der Waals surface area contributed by atoms with Gasteiger partial charge in [-0.2, -0.15) is 0 Å². The molecule has 0 saturated carbocycles. The lowest BCUT2D eigenvalue weighted by Crippen LogP contribution is -2.29. The first kappa shape index (κ1) is 16.0. The fraction of sp³-hybridized carbons (Fsp3) is 0.421. The van der Waals surface area contributed by atoms with Crippen LogP contribution in [0, 0.1) is 0 Å². The highest BCUT2D eigenvalue weighted by Crippen LogP contribution is 2.22. The SMILES string of the molecule is CC(C)OC1CN(c2cccc(Cc3ccccc3)n2)CC1O. The third-order valence-corrected chi connectivity index (χ3v) is 4.03. The summed E-state index contributed by atoms with van der Waals surface area (Å²) in [5, 5.41) is 10.2. The number of aliphatic hydroxyl groups excluding tert-OH is 1. The Kier molecular flexibility index (Phi) is 4.94. The average Bonchev–Trinajstić information content (AvgIpc) is 2.89. The second-order valence-electron chi connectivity index (χ2n) is 6.35. The number of aromatic nitrogens is 1. The summed E-state index contributed by atoms with van der Waals surface area (Å²) in [6.07, 6.45) is 0.329. The van der Waals surface area contributed by atoms with E-state index in [4.69, 9.17) is 9.72 Å². The maximum Gasteiger partial charge on any atom is 0.128 e. The first-order chi connectivity index (χ1) is 11.1. The number of β-amino-alcohol motifs (C(OH)–C–C–N with tert-alkyl or cyclic N) is 1. The Bertz CT molecular complexity index is 630. The molecule has 1 N–H and O–H groups in total. The van der Waals surface area contributed by atoms with Crippen molar-refractivity contribution in [2.75, 3.05) is 18.0 Å². The van der Waals surface area contributed by atoms with Crippen molar-refractivity contribution in [1.29, 1.82) is 0 Å². The fourth-order valence-electron chi connectivity index (χ4n) is 2.97. The number of benzene rings is 1. The number of aliphatic hydroxyl groups is 1. The monoisotopic (exact) mass is 312 g/mol. The van der Waals surface area contributed by atoms with Crippen LogP contribution >= 0.6 is 0 Å². The molecule has 0 bridgehead atoms. The molecule has 0 aliphatic carbocycles. The van der Waals surface area contributed by atoms with Crippen LogP contribution in [0.3, 0.4) is 0 Å². The van der Waals surface area contributed by atoms with Crippen LogP contribution in [-0.2, 0) is 11.2 Å². The van der Waals surface area contributed by atoms with Crippen molar-refractivity contribution in [3.63, 3.8) is 0 Å². The number of ether oxygens (including phenoxy) is 1. The number of anilines is 1. The van der Waals surface area contributed by atoms with Gasteiger partial charge in [0, 0.05) is 25.2 Å². The minimum Gasteiger partial charge on any atom is -0.388 e. The molecule has 0 amide bonds. The highest BCUT2D eigenvalue weighted by Gasteiger charge is 2.33. The Labute approximate surface area is 137 Å². The van der Waals surface area contributed by atoms with Gasteiger partial charge in [0.1, 0.15) is 11.9 Å². The summed E-state index contributed by atoms with van der Waals surface area (Å²) in [6, 6.07) is 16.4. The Morgan fingerprint density at radius 2 is 1.91 bits per heavy atom. The zero-order chi connectivity index (χ0) is 16.2. The third kappa shape index (κ3) is 4.09. The zero-order valence-electron chi connectivity index (χ0n) is 13.7. The second-order valence-corrected chi connectivity index (χ2v) is 6.35. The van der Waals surface area contributed by atoms with Crippen LogP contribution in [0.25, 0.3) is 0 Å². The maximum absolute atomic E-state index is 10.2. The highest BCUT2D eigenvalue weighted by atomic mass is 16.5. The van der Waals surface area contributed by atoms with Crippen LogP contribution in [0.1, 0.15) is 25.1 Å². The molecule has 1 saturated heterocycles.